The number of aryl methyl sites for hydroxylation is 1. The van der Waals surface area contributed by atoms with Gasteiger partial charge in [0.1, 0.15) is 11.9 Å². The van der Waals surface area contributed by atoms with E-state index in [0.29, 0.717) is 11.4 Å². The molecule has 25 heavy (non-hydrogen) atoms. The standard InChI is InChI=1S/C18H14N4O3/c1-11-3-5-14-15(7-11)21-18(20-14)13(10-19)8-12-4-6-17(25-2)16(9-12)22(23)24/h3-9H,1-2H3,(H,20,21)/b13-8-. The number of aromatic amines is 1. The molecule has 0 aliphatic carbocycles. The molecule has 0 unspecified atom stereocenters. The number of nitro groups is 1. The van der Waals surface area contributed by atoms with E-state index >= 15 is 0 Å². The van der Waals surface area contributed by atoms with E-state index in [4.69, 9.17) is 4.74 Å². The van der Waals surface area contributed by atoms with E-state index in [1.54, 1.807) is 12.1 Å². The third kappa shape index (κ3) is 3.19. The van der Waals surface area contributed by atoms with Gasteiger partial charge in [0.2, 0.25) is 0 Å². The fourth-order valence-electron chi connectivity index (χ4n) is 2.51. The molecule has 7 nitrogen and oxygen atoms in total. The number of hydrogen-bond donors (Lipinski definition) is 1. The summed E-state index contributed by atoms with van der Waals surface area (Å²) in [7, 11) is 1.37. The molecular formula is C18H14N4O3. The average Bonchev–Trinajstić information content (AvgIpc) is 3.02. The van der Waals surface area contributed by atoms with Gasteiger partial charge < -0.3 is 9.72 Å². The van der Waals surface area contributed by atoms with E-state index in [1.165, 1.54) is 19.2 Å². The van der Waals surface area contributed by atoms with Gasteiger partial charge in [0.25, 0.3) is 0 Å². The van der Waals surface area contributed by atoms with Crippen LogP contribution in [0.3, 0.4) is 0 Å². The van der Waals surface area contributed by atoms with Crippen LogP contribution in [-0.4, -0.2) is 22.0 Å². The molecule has 0 atom stereocenters. The van der Waals surface area contributed by atoms with Crippen molar-refractivity contribution in [3.05, 3.63) is 63.5 Å². The minimum absolute atomic E-state index is 0.159. The van der Waals surface area contributed by atoms with Crippen molar-refractivity contribution in [2.75, 3.05) is 7.11 Å². The molecule has 3 aromatic rings. The molecule has 0 radical (unpaired) electrons. The number of allylic oxidation sites excluding steroid dienone is 1. The molecule has 1 N–H and O–H groups in total. The van der Waals surface area contributed by atoms with Crippen LogP contribution in [0.15, 0.2) is 36.4 Å². The Balaban J connectivity index is 2.06. The maximum Gasteiger partial charge on any atom is 0.311 e. The summed E-state index contributed by atoms with van der Waals surface area (Å²) >= 11 is 0. The van der Waals surface area contributed by atoms with Crippen LogP contribution in [0.4, 0.5) is 5.69 Å². The van der Waals surface area contributed by atoms with Crippen LogP contribution in [0.5, 0.6) is 5.75 Å². The van der Waals surface area contributed by atoms with Crippen molar-refractivity contribution in [2.24, 2.45) is 0 Å². The highest BCUT2D eigenvalue weighted by atomic mass is 16.6. The fraction of sp³-hybridized carbons (Fsp3) is 0.111. The molecule has 124 valence electrons. The third-order valence-electron chi connectivity index (χ3n) is 3.72. The quantitative estimate of drug-likeness (QED) is 0.443. The number of nitrogens with one attached hydrogen (secondary N) is 1. The number of hydrogen-bond acceptors (Lipinski definition) is 5. The summed E-state index contributed by atoms with van der Waals surface area (Å²) in [6.07, 6.45) is 1.55. The smallest absolute Gasteiger partial charge is 0.311 e. The lowest BCUT2D eigenvalue weighted by Gasteiger charge is -2.02. The lowest BCUT2D eigenvalue weighted by molar-refractivity contribution is -0.385. The Morgan fingerprint density at radius 1 is 1.36 bits per heavy atom. The average molecular weight is 334 g/mol. The summed E-state index contributed by atoms with van der Waals surface area (Å²) in [4.78, 5) is 18.1. The van der Waals surface area contributed by atoms with Crippen LogP contribution >= 0.6 is 0 Å². The Bertz CT molecular complexity index is 1040. The van der Waals surface area contributed by atoms with Crippen molar-refractivity contribution in [1.29, 1.82) is 5.26 Å². The van der Waals surface area contributed by atoms with Gasteiger partial charge in [0.05, 0.1) is 28.6 Å². The molecule has 1 aromatic heterocycles. The van der Waals surface area contributed by atoms with Crippen molar-refractivity contribution in [3.8, 4) is 11.8 Å². The molecule has 3 rings (SSSR count). The van der Waals surface area contributed by atoms with Crippen LogP contribution in [0, 0.1) is 28.4 Å². The lowest BCUT2D eigenvalue weighted by atomic mass is 10.1. The number of H-pyrrole nitrogens is 1. The zero-order valence-corrected chi connectivity index (χ0v) is 13.6. The van der Waals surface area contributed by atoms with Gasteiger partial charge in [0, 0.05) is 6.07 Å². The predicted molar refractivity (Wildman–Crippen MR) is 94.0 cm³/mol. The van der Waals surface area contributed by atoms with Crippen LogP contribution in [-0.2, 0) is 0 Å². The van der Waals surface area contributed by atoms with Crippen LogP contribution in [0.2, 0.25) is 0 Å². The van der Waals surface area contributed by atoms with Crippen molar-refractivity contribution < 1.29 is 9.66 Å². The van der Waals surface area contributed by atoms with E-state index in [1.807, 2.05) is 25.1 Å². The van der Waals surface area contributed by atoms with E-state index in [9.17, 15) is 15.4 Å². The Kier molecular flexibility index (Phi) is 4.18. The third-order valence-corrected chi connectivity index (χ3v) is 3.72. The highest BCUT2D eigenvalue weighted by Crippen LogP contribution is 2.29. The second kappa shape index (κ2) is 6.45. The van der Waals surface area contributed by atoms with E-state index in [0.717, 1.165) is 16.6 Å². The van der Waals surface area contributed by atoms with Crippen LogP contribution in [0.25, 0.3) is 22.7 Å². The van der Waals surface area contributed by atoms with Crippen LogP contribution < -0.4 is 4.74 Å². The minimum Gasteiger partial charge on any atom is -0.490 e. The summed E-state index contributed by atoms with van der Waals surface area (Å²) in [5.41, 5.74) is 3.30. The molecule has 0 aliphatic rings. The normalized spacial score (nSPS) is 11.3. The Morgan fingerprint density at radius 3 is 2.84 bits per heavy atom. The summed E-state index contributed by atoms with van der Waals surface area (Å²) in [5, 5.41) is 20.6. The molecule has 0 saturated carbocycles. The number of nitrogens with zero attached hydrogens (tertiary/aromatic N) is 3. The number of methoxy groups -OCH3 is 1. The maximum atomic E-state index is 11.1. The Labute approximate surface area is 143 Å². The van der Waals surface area contributed by atoms with E-state index in [2.05, 4.69) is 16.0 Å². The number of rotatable bonds is 4. The molecule has 0 bridgehead atoms. The number of imidazole rings is 1. The molecule has 7 heteroatoms. The van der Waals surface area contributed by atoms with E-state index in [-0.39, 0.29) is 17.0 Å². The molecule has 0 saturated heterocycles. The monoisotopic (exact) mass is 334 g/mol. The molecular weight excluding hydrogens is 320 g/mol. The summed E-state index contributed by atoms with van der Waals surface area (Å²) < 4.78 is 4.98. The van der Waals surface area contributed by atoms with Crippen molar-refractivity contribution >= 4 is 28.4 Å². The summed E-state index contributed by atoms with van der Waals surface area (Å²) in [5.74, 6) is 0.585. The molecule has 0 fully saturated rings. The number of benzene rings is 2. The number of ether oxygens (including phenoxy) is 1. The van der Waals surface area contributed by atoms with Crippen LogP contribution in [0.1, 0.15) is 17.0 Å². The molecule has 1 heterocycles. The second-order valence-electron chi connectivity index (χ2n) is 5.46. The highest BCUT2D eigenvalue weighted by Gasteiger charge is 2.15. The van der Waals surface area contributed by atoms with E-state index < -0.39 is 4.92 Å². The fourth-order valence-corrected chi connectivity index (χ4v) is 2.51. The molecule has 0 spiro atoms. The first-order valence-electron chi connectivity index (χ1n) is 7.43. The molecule has 0 aliphatic heterocycles. The predicted octanol–water partition coefficient (Wildman–Crippen LogP) is 3.85. The Morgan fingerprint density at radius 2 is 2.16 bits per heavy atom. The SMILES string of the molecule is COc1ccc(/C=C(/C#N)c2nc3ccc(C)cc3[nH]2)cc1[N+](=O)[O-]. The zero-order chi connectivity index (χ0) is 18.0. The minimum atomic E-state index is -0.522. The van der Waals surface area contributed by atoms with Gasteiger partial charge in [-0.15, -0.1) is 0 Å². The number of nitro benzene ring substituents is 1. The largest absolute Gasteiger partial charge is 0.490 e. The van der Waals surface area contributed by atoms with Gasteiger partial charge in [0.15, 0.2) is 5.75 Å². The Hall–Kier alpha value is -3.66. The lowest BCUT2D eigenvalue weighted by Crippen LogP contribution is -1.94. The molecule has 0 amide bonds. The van der Waals surface area contributed by atoms with Gasteiger partial charge in [-0.2, -0.15) is 5.26 Å². The number of fused-ring (bicyclic) bond motifs is 1. The first-order chi connectivity index (χ1) is 12.0. The molecule has 2 aromatic carbocycles. The first-order valence-corrected chi connectivity index (χ1v) is 7.43. The number of nitriles is 1. The topological polar surface area (TPSA) is 105 Å². The first kappa shape index (κ1) is 16.2. The summed E-state index contributed by atoms with van der Waals surface area (Å²) in [6, 6.07) is 12.4. The van der Waals surface area contributed by atoms with Gasteiger partial charge in [-0.25, -0.2) is 4.98 Å². The number of aromatic nitrogens is 2. The van der Waals surface area contributed by atoms with Gasteiger partial charge in [-0.1, -0.05) is 12.1 Å². The van der Waals surface area contributed by atoms with Gasteiger partial charge in [-0.3, -0.25) is 10.1 Å². The van der Waals surface area contributed by atoms with Crippen molar-refractivity contribution in [2.45, 2.75) is 6.92 Å². The van der Waals surface area contributed by atoms with Crippen molar-refractivity contribution in [1.82, 2.24) is 9.97 Å². The maximum absolute atomic E-state index is 11.1. The van der Waals surface area contributed by atoms with Gasteiger partial charge in [-0.05, 0) is 42.3 Å². The van der Waals surface area contributed by atoms with Crippen molar-refractivity contribution in [3.63, 3.8) is 0 Å². The highest BCUT2D eigenvalue weighted by molar-refractivity contribution is 5.90. The second-order valence-corrected chi connectivity index (χ2v) is 5.46. The summed E-state index contributed by atoms with van der Waals surface area (Å²) in [6.45, 7) is 1.97. The van der Waals surface area contributed by atoms with Gasteiger partial charge >= 0.3 is 5.69 Å². The zero-order valence-electron chi connectivity index (χ0n) is 13.6.